The first-order valence-electron chi connectivity index (χ1n) is 8.19. The largest absolute Gasteiger partial charge is 0.490 e. The topological polar surface area (TPSA) is 108 Å². The lowest BCUT2D eigenvalue weighted by Crippen LogP contribution is -2.14. The number of anilines is 1. The Morgan fingerprint density at radius 3 is 2.31 bits per heavy atom. The Kier molecular flexibility index (Phi) is 6.59. The first kappa shape index (κ1) is 19.7. The van der Waals surface area contributed by atoms with Crippen molar-refractivity contribution in [3.8, 4) is 11.5 Å². The maximum absolute atomic E-state index is 12.4. The molecule has 0 bridgehead atoms. The third-order valence-electron chi connectivity index (χ3n) is 3.41. The molecule has 2 rings (SSSR count). The molecule has 3 N–H and O–H groups in total. The van der Waals surface area contributed by atoms with Gasteiger partial charge in [0, 0.05) is 11.3 Å². The van der Waals surface area contributed by atoms with Crippen molar-refractivity contribution >= 4 is 21.6 Å². The van der Waals surface area contributed by atoms with Crippen molar-refractivity contribution in [1.29, 1.82) is 0 Å². The Morgan fingerprint density at radius 1 is 1.04 bits per heavy atom. The van der Waals surface area contributed by atoms with Crippen LogP contribution >= 0.6 is 0 Å². The summed E-state index contributed by atoms with van der Waals surface area (Å²) in [7, 11) is -3.77. The first-order chi connectivity index (χ1) is 12.3. The number of amides is 1. The van der Waals surface area contributed by atoms with Gasteiger partial charge in [0.1, 0.15) is 0 Å². The molecule has 0 aliphatic rings. The maximum Gasteiger partial charge on any atom is 0.255 e. The number of benzene rings is 2. The molecule has 0 fully saturated rings. The normalized spacial score (nSPS) is 11.0. The van der Waals surface area contributed by atoms with Gasteiger partial charge in [-0.3, -0.25) is 4.79 Å². The zero-order chi connectivity index (χ0) is 19.2. The maximum atomic E-state index is 12.4. The lowest BCUT2D eigenvalue weighted by Gasteiger charge is -2.13. The zero-order valence-electron chi connectivity index (χ0n) is 14.7. The Morgan fingerprint density at radius 2 is 1.73 bits per heavy atom. The number of nitrogens with one attached hydrogen (secondary N) is 1. The Bertz CT molecular complexity index is 864. The highest BCUT2D eigenvalue weighted by molar-refractivity contribution is 7.89. The van der Waals surface area contributed by atoms with E-state index in [0.717, 1.165) is 6.42 Å². The third kappa shape index (κ3) is 5.21. The van der Waals surface area contributed by atoms with Crippen LogP contribution < -0.4 is 19.9 Å². The molecular weight excluding hydrogens is 356 g/mol. The summed E-state index contributed by atoms with van der Waals surface area (Å²) in [5, 5.41) is 7.75. The Balaban J connectivity index is 2.17. The Labute approximate surface area is 153 Å². The summed E-state index contributed by atoms with van der Waals surface area (Å²) >= 11 is 0. The molecule has 0 unspecified atom stereocenters. The van der Waals surface area contributed by atoms with Gasteiger partial charge >= 0.3 is 0 Å². The number of nitrogens with two attached hydrogens (primary N) is 1. The standard InChI is InChI=1S/C18H22N2O5S/c1-3-11-25-16-10-5-13(12-17(16)24-4-2)18(21)20-14-6-8-15(9-7-14)26(19,22)23/h5-10,12H,3-4,11H2,1-2H3,(H,20,21)(H2,19,22,23). The summed E-state index contributed by atoms with van der Waals surface area (Å²) in [4.78, 5) is 12.4. The van der Waals surface area contributed by atoms with Crippen LogP contribution in [0.4, 0.5) is 5.69 Å². The van der Waals surface area contributed by atoms with Gasteiger partial charge < -0.3 is 14.8 Å². The van der Waals surface area contributed by atoms with Crippen LogP contribution in [0, 0.1) is 0 Å². The molecule has 0 heterocycles. The molecule has 0 saturated carbocycles. The quantitative estimate of drug-likeness (QED) is 0.734. The van der Waals surface area contributed by atoms with Crippen LogP contribution in [0.1, 0.15) is 30.6 Å². The smallest absolute Gasteiger partial charge is 0.255 e. The molecule has 0 radical (unpaired) electrons. The second-order valence-electron chi connectivity index (χ2n) is 5.47. The van der Waals surface area contributed by atoms with Gasteiger partial charge in [-0.05, 0) is 55.8 Å². The average molecular weight is 378 g/mol. The minimum absolute atomic E-state index is 0.0217. The number of rotatable bonds is 8. The molecule has 0 aliphatic carbocycles. The van der Waals surface area contributed by atoms with Crippen LogP contribution in [0.3, 0.4) is 0 Å². The van der Waals surface area contributed by atoms with Crippen molar-refractivity contribution in [3.63, 3.8) is 0 Å². The monoisotopic (exact) mass is 378 g/mol. The second kappa shape index (κ2) is 8.68. The number of ether oxygens (including phenoxy) is 2. The molecule has 2 aromatic rings. The van der Waals surface area contributed by atoms with Gasteiger partial charge in [0.15, 0.2) is 11.5 Å². The second-order valence-corrected chi connectivity index (χ2v) is 7.03. The van der Waals surface area contributed by atoms with Gasteiger partial charge in [0.05, 0.1) is 18.1 Å². The molecular formula is C18H22N2O5S. The van der Waals surface area contributed by atoms with Crippen molar-refractivity contribution in [2.75, 3.05) is 18.5 Å². The van der Waals surface area contributed by atoms with E-state index in [2.05, 4.69) is 5.32 Å². The van der Waals surface area contributed by atoms with E-state index in [0.29, 0.717) is 36.0 Å². The fourth-order valence-corrected chi connectivity index (χ4v) is 2.70. The van der Waals surface area contributed by atoms with Gasteiger partial charge in [0.2, 0.25) is 10.0 Å². The fraction of sp³-hybridized carbons (Fsp3) is 0.278. The van der Waals surface area contributed by atoms with Gasteiger partial charge in [-0.1, -0.05) is 6.92 Å². The molecule has 140 valence electrons. The summed E-state index contributed by atoms with van der Waals surface area (Å²) in [6, 6.07) is 10.6. The Hall–Kier alpha value is -2.58. The zero-order valence-corrected chi connectivity index (χ0v) is 15.5. The predicted molar refractivity (Wildman–Crippen MR) is 99.2 cm³/mol. The summed E-state index contributed by atoms with van der Waals surface area (Å²) in [6.07, 6.45) is 0.863. The number of carbonyl (C=O) groups is 1. The van der Waals surface area contributed by atoms with Crippen molar-refractivity contribution in [2.45, 2.75) is 25.2 Å². The summed E-state index contributed by atoms with van der Waals surface area (Å²) in [5.74, 6) is 0.734. The SMILES string of the molecule is CCCOc1ccc(C(=O)Nc2ccc(S(N)(=O)=O)cc2)cc1OCC. The number of sulfonamides is 1. The van der Waals surface area contributed by atoms with Gasteiger partial charge in [-0.2, -0.15) is 0 Å². The van der Waals surface area contributed by atoms with Crippen LogP contribution in [0.2, 0.25) is 0 Å². The van der Waals surface area contributed by atoms with Crippen LogP contribution in [0.5, 0.6) is 11.5 Å². The van der Waals surface area contributed by atoms with Crippen LogP contribution in [0.25, 0.3) is 0 Å². The molecule has 7 nitrogen and oxygen atoms in total. The van der Waals surface area contributed by atoms with Crippen molar-refractivity contribution in [1.82, 2.24) is 0 Å². The van der Waals surface area contributed by atoms with Crippen molar-refractivity contribution < 1.29 is 22.7 Å². The summed E-state index contributed by atoms with van der Waals surface area (Å²) in [6.45, 7) is 4.86. The number of carbonyl (C=O) groups excluding carboxylic acids is 1. The molecule has 8 heteroatoms. The molecule has 0 aromatic heterocycles. The van der Waals surface area contributed by atoms with Crippen LogP contribution in [-0.2, 0) is 10.0 Å². The number of hydrogen-bond donors (Lipinski definition) is 2. The van der Waals surface area contributed by atoms with E-state index in [4.69, 9.17) is 14.6 Å². The summed E-state index contributed by atoms with van der Waals surface area (Å²) in [5.41, 5.74) is 0.847. The van der Waals surface area contributed by atoms with E-state index in [1.807, 2.05) is 13.8 Å². The fourth-order valence-electron chi connectivity index (χ4n) is 2.18. The molecule has 0 aliphatic heterocycles. The highest BCUT2D eigenvalue weighted by Crippen LogP contribution is 2.29. The highest BCUT2D eigenvalue weighted by Gasteiger charge is 2.13. The molecule has 0 atom stereocenters. The van der Waals surface area contributed by atoms with Crippen molar-refractivity contribution in [3.05, 3.63) is 48.0 Å². The van der Waals surface area contributed by atoms with Crippen LogP contribution in [0.15, 0.2) is 47.4 Å². The molecule has 0 spiro atoms. The summed E-state index contributed by atoms with van der Waals surface area (Å²) < 4.78 is 33.7. The van der Waals surface area contributed by atoms with Gasteiger partial charge in [-0.15, -0.1) is 0 Å². The highest BCUT2D eigenvalue weighted by atomic mass is 32.2. The third-order valence-corrected chi connectivity index (χ3v) is 4.34. The predicted octanol–water partition coefficient (Wildman–Crippen LogP) is 2.77. The van der Waals surface area contributed by atoms with E-state index in [9.17, 15) is 13.2 Å². The molecule has 26 heavy (non-hydrogen) atoms. The lowest BCUT2D eigenvalue weighted by atomic mass is 10.2. The minimum Gasteiger partial charge on any atom is -0.490 e. The van der Waals surface area contributed by atoms with Gasteiger partial charge in [-0.25, -0.2) is 13.6 Å². The molecule has 2 aromatic carbocycles. The molecule has 1 amide bonds. The average Bonchev–Trinajstić information content (AvgIpc) is 2.60. The van der Waals surface area contributed by atoms with Crippen LogP contribution in [-0.4, -0.2) is 27.5 Å². The van der Waals surface area contributed by atoms with E-state index >= 15 is 0 Å². The van der Waals surface area contributed by atoms with Crippen molar-refractivity contribution in [2.24, 2.45) is 5.14 Å². The van der Waals surface area contributed by atoms with E-state index < -0.39 is 10.0 Å². The number of primary sulfonamides is 1. The molecule has 0 saturated heterocycles. The van der Waals surface area contributed by atoms with Gasteiger partial charge in [0.25, 0.3) is 5.91 Å². The van der Waals surface area contributed by atoms with E-state index in [-0.39, 0.29) is 10.8 Å². The minimum atomic E-state index is -3.77. The van der Waals surface area contributed by atoms with E-state index in [1.165, 1.54) is 24.3 Å². The number of hydrogen-bond acceptors (Lipinski definition) is 5. The van der Waals surface area contributed by atoms with E-state index in [1.54, 1.807) is 18.2 Å². The lowest BCUT2D eigenvalue weighted by molar-refractivity contribution is 0.102. The first-order valence-corrected chi connectivity index (χ1v) is 9.73.